The van der Waals surface area contributed by atoms with Crippen molar-refractivity contribution in [3.63, 3.8) is 0 Å². The number of benzene rings is 1. The summed E-state index contributed by atoms with van der Waals surface area (Å²) in [6, 6.07) is 2.96. The molecular formula is C13H15FO. The van der Waals surface area contributed by atoms with Gasteiger partial charge in [-0.15, -0.1) is 0 Å². The van der Waals surface area contributed by atoms with Gasteiger partial charge in [-0.3, -0.25) is 4.79 Å². The van der Waals surface area contributed by atoms with E-state index in [1.54, 1.807) is 6.92 Å². The van der Waals surface area contributed by atoms with Gasteiger partial charge in [0.25, 0.3) is 0 Å². The molecule has 0 heterocycles. The second-order valence-corrected chi connectivity index (χ2v) is 4.95. The second kappa shape index (κ2) is 3.16. The highest BCUT2D eigenvalue weighted by Crippen LogP contribution is 2.38. The third-order valence-corrected chi connectivity index (χ3v) is 3.29. The van der Waals surface area contributed by atoms with Gasteiger partial charge in [-0.05, 0) is 42.0 Å². The summed E-state index contributed by atoms with van der Waals surface area (Å²) in [5.41, 5.74) is 2.29. The van der Waals surface area contributed by atoms with Gasteiger partial charge < -0.3 is 0 Å². The minimum atomic E-state index is -0.242. The van der Waals surface area contributed by atoms with E-state index in [-0.39, 0.29) is 17.0 Å². The lowest BCUT2D eigenvalue weighted by Crippen LogP contribution is -2.28. The highest BCUT2D eigenvalue weighted by Gasteiger charge is 2.33. The third kappa shape index (κ3) is 1.58. The first-order valence-electron chi connectivity index (χ1n) is 5.25. The Balaban J connectivity index is 2.73. The van der Waals surface area contributed by atoms with Crippen LogP contribution in [0, 0.1) is 12.7 Å². The summed E-state index contributed by atoms with van der Waals surface area (Å²) in [4.78, 5) is 11.8. The molecule has 0 unspecified atom stereocenters. The van der Waals surface area contributed by atoms with Crippen LogP contribution in [0.25, 0.3) is 0 Å². The van der Waals surface area contributed by atoms with E-state index < -0.39 is 0 Å². The first-order valence-corrected chi connectivity index (χ1v) is 5.25. The first kappa shape index (κ1) is 10.3. The van der Waals surface area contributed by atoms with E-state index in [1.807, 2.05) is 0 Å². The molecule has 1 aromatic rings. The molecule has 1 nitrogen and oxygen atoms in total. The van der Waals surface area contributed by atoms with Crippen LogP contribution in [-0.4, -0.2) is 5.78 Å². The molecule has 0 aromatic heterocycles. The van der Waals surface area contributed by atoms with E-state index in [9.17, 15) is 9.18 Å². The molecule has 0 fully saturated rings. The summed E-state index contributed by atoms with van der Waals surface area (Å²) in [5.74, 6) is -0.0872. The van der Waals surface area contributed by atoms with Crippen molar-refractivity contribution in [3.05, 3.63) is 34.6 Å². The molecule has 80 valence electrons. The standard InChI is InChI=1S/C13H15FO/c1-8-6-9(14)7-10-12(8)11(15)4-5-13(10,2)3/h6-7H,4-5H2,1-3H3. The summed E-state index contributed by atoms with van der Waals surface area (Å²) in [6.07, 6.45) is 1.38. The van der Waals surface area contributed by atoms with E-state index in [0.717, 1.165) is 23.1 Å². The third-order valence-electron chi connectivity index (χ3n) is 3.29. The van der Waals surface area contributed by atoms with Crippen LogP contribution >= 0.6 is 0 Å². The molecule has 0 N–H and O–H groups in total. The van der Waals surface area contributed by atoms with Crippen molar-refractivity contribution in [2.24, 2.45) is 0 Å². The molecule has 0 aliphatic heterocycles. The Morgan fingerprint density at radius 2 is 2.00 bits per heavy atom. The number of Topliss-reactive ketones (excluding diaryl/α,β-unsaturated/α-hetero) is 1. The number of carbonyl (C=O) groups excluding carboxylic acids is 1. The van der Waals surface area contributed by atoms with Crippen molar-refractivity contribution in [2.45, 2.75) is 39.0 Å². The maximum absolute atomic E-state index is 13.3. The largest absolute Gasteiger partial charge is 0.294 e. The van der Waals surface area contributed by atoms with Gasteiger partial charge in [0, 0.05) is 12.0 Å². The van der Waals surface area contributed by atoms with Gasteiger partial charge in [-0.1, -0.05) is 13.8 Å². The normalized spacial score (nSPS) is 18.8. The van der Waals surface area contributed by atoms with Crippen LogP contribution in [0.1, 0.15) is 48.2 Å². The highest BCUT2D eigenvalue weighted by molar-refractivity contribution is 6.00. The lowest BCUT2D eigenvalue weighted by molar-refractivity contribution is 0.0956. The van der Waals surface area contributed by atoms with Crippen LogP contribution in [0.4, 0.5) is 4.39 Å². The number of ketones is 1. The van der Waals surface area contributed by atoms with Gasteiger partial charge in [-0.2, -0.15) is 0 Å². The Kier molecular flexibility index (Phi) is 2.18. The molecule has 0 radical (unpaired) electrons. The Morgan fingerprint density at radius 3 is 2.67 bits per heavy atom. The van der Waals surface area contributed by atoms with Crippen LogP contribution < -0.4 is 0 Å². The molecule has 0 atom stereocenters. The number of hydrogen-bond acceptors (Lipinski definition) is 1. The van der Waals surface area contributed by atoms with Crippen molar-refractivity contribution >= 4 is 5.78 Å². The molecule has 15 heavy (non-hydrogen) atoms. The Hall–Kier alpha value is -1.18. The molecule has 2 heteroatoms. The number of fused-ring (bicyclic) bond motifs is 1. The van der Waals surface area contributed by atoms with E-state index in [4.69, 9.17) is 0 Å². The fourth-order valence-electron chi connectivity index (χ4n) is 2.33. The SMILES string of the molecule is Cc1cc(F)cc2c1C(=O)CCC2(C)C. The maximum atomic E-state index is 13.3. The van der Waals surface area contributed by atoms with E-state index in [2.05, 4.69) is 13.8 Å². The molecule has 1 aliphatic carbocycles. The van der Waals surface area contributed by atoms with Crippen molar-refractivity contribution in [1.29, 1.82) is 0 Å². The number of hydrogen-bond donors (Lipinski definition) is 0. The number of rotatable bonds is 0. The summed E-state index contributed by atoms with van der Waals surface area (Å²) in [6.45, 7) is 5.94. The summed E-state index contributed by atoms with van der Waals surface area (Å²) >= 11 is 0. The molecule has 0 saturated heterocycles. The minimum Gasteiger partial charge on any atom is -0.294 e. The Labute approximate surface area is 89.3 Å². The van der Waals surface area contributed by atoms with Crippen molar-refractivity contribution in [3.8, 4) is 0 Å². The number of halogens is 1. The van der Waals surface area contributed by atoms with Gasteiger partial charge in [0.1, 0.15) is 5.82 Å². The predicted octanol–water partition coefficient (Wildman–Crippen LogP) is 3.39. The van der Waals surface area contributed by atoms with Gasteiger partial charge in [0.2, 0.25) is 0 Å². The maximum Gasteiger partial charge on any atom is 0.163 e. The lowest BCUT2D eigenvalue weighted by Gasteiger charge is -2.32. The van der Waals surface area contributed by atoms with Gasteiger partial charge in [0.05, 0.1) is 0 Å². The molecule has 0 spiro atoms. The van der Waals surface area contributed by atoms with Crippen molar-refractivity contribution in [1.82, 2.24) is 0 Å². The average molecular weight is 206 g/mol. The molecule has 0 bridgehead atoms. The first-order chi connectivity index (χ1) is 6.92. The summed E-state index contributed by atoms with van der Waals surface area (Å²) < 4.78 is 13.3. The number of aryl methyl sites for hydroxylation is 1. The van der Waals surface area contributed by atoms with Crippen LogP contribution in [0.2, 0.25) is 0 Å². The lowest BCUT2D eigenvalue weighted by atomic mass is 9.71. The minimum absolute atomic E-state index is 0.0872. The van der Waals surface area contributed by atoms with Crippen molar-refractivity contribution in [2.75, 3.05) is 0 Å². The predicted molar refractivity (Wildman–Crippen MR) is 57.7 cm³/mol. The van der Waals surface area contributed by atoms with Crippen molar-refractivity contribution < 1.29 is 9.18 Å². The van der Waals surface area contributed by atoms with Crippen LogP contribution in [-0.2, 0) is 5.41 Å². The van der Waals surface area contributed by atoms with Gasteiger partial charge in [0.15, 0.2) is 5.78 Å². The molecular weight excluding hydrogens is 191 g/mol. The molecule has 1 aromatic carbocycles. The van der Waals surface area contributed by atoms with Crippen LogP contribution in [0.15, 0.2) is 12.1 Å². The fraction of sp³-hybridized carbons (Fsp3) is 0.462. The van der Waals surface area contributed by atoms with E-state index in [0.29, 0.717) is 6.42 Å². The molecule has 0 saturated carbocycles. The zero-order valence-corrected chi connectivity index (χ0v) is 9.36. The fourth-order valence-corrected chi connectivity index (χ4v) is 2.33. The molecule has 1 aliphatic rings. The number of carbonyl (C=O) groups is 1. The second-order valence-electron chi connectivity index (χ2n) is 4.95. The molecule has 0 amide bonds. The Bertz CT molecular complexity index is 432. The zero-order valence-electron chi connectivity index (χ0n) is 9.36. The zero-order chi connectivity index (χ0) is 11.2. The van der Waals surface area contributed by atoms with E-state index >= 15 is 0 Å². The summed E-state index contributed by atoms with van der Waals surface area (Å²) in [7, 11) is 0. The topological polar surface area (TPSA) is 17.1 Å². The highest BCUT2D eigenvalue weighted by atomic mass is 19.1. The Morgan fingerprint density at radius 1 is 1.33 bits per heavy atom. The smallest absolute Gasteiger partial charge is 0.163 e. The van der Waals surface area contributed by atoms with Crippen LogP contribution in [0.3, 0.4) is 0 Å². The van der Waals surface area contributed by atoms with Gasteiger partial charge >= 0.3 is 0 Å². The van der Waals surface area contributed by atoms with E-state index in [1.165, 1.54) is 12.1 Å². The monoisotopic (exact) mass is 206 g/mol. The molecule has 2 rings (SSSR count). The average Bonchev–Trinajstić information content (AvgIpc) is 2.11. The quantitative estimate of drug-likeness (QED) is 0.636. The van der Waals surface area contributed by atoms with Gasteiger partial charge in [-0.25, -0.2) is 4.39 Å². The van der Waals surface area contributed by atoms with Crippen LogP contribution in [0.5, 0.6) is 0 Å². The summed E-state index contributed by atoms with van der Waals surface area (Å²) in [5, 5.41) is 0.